The molecule has 1 N–H and O–H groups in total. The maximum Gasteiger partial charge on any atom is 0.325 e. The molecule has 1 aromatic carbocycles. The second-order valence-corrected chi connectivity index (χ2v) is 10.5. The standard InChI is InChI=1S/C26H35N5O3/c1-29(2)26(20-8-5-4-6-9-20)14-12-24(13-15-26)18-30(21-16-27-22(34-3)28-17-21)23(32)31(24)19-25(33)10-7-11-25/h4-6,8-9,16-17,33H,7,10-15,18-19H2,1-3H3/t24-,26+. The summed E-state index contributed by atoms with van der Waals surface area (Å²) in [5.41, 5.74) is 0.830. The maximum absolute atomic E-state index is 13.8. The number of amides is 2. The lowest BCUT2D eigenvalue weighted by Gasteiger charge is -2.52. The Balaban J connectivity index is 1.46. The monoisotopic (exact) mass is 465 g/mol. The van der Waals surface area contributed by atoms with Crippen LogP contribution in [-0.4, -0.2) is 76.3 Å². The van der Waals surface area contributed by atoms with Crippen LogP contribution in [0.2, 0.25) is 0 Å². The van der Waals surface area contributed by atoms with Crippen molar-refractivity contribution in [2.45, 2.75) is 61.6 Å². The number of anilines is 1. The topological polar surface area (TPSA) is 82.0 Å². The first-order chi connectivity index (χ1) is 16.3. The zero-order chi connectivity index (χ0) is 24.0. The molecular formula is C26H35N5O3. The second-order valence-electron chi connectivity index (χ2n) is 10.5. The van der Waals surface area contributed by atoms with Gasteiger partial charge in [-0.25, -0.2) is 14.8 Å². The van der Waals surface area contributed by atoms with Gasteiger partial charge in [0.15, 0.2) is 0 Å². The lowest BCUT2D eigenvalue weighted by Crippen LogP contribution is -2.59. The summed E-state index contributed by atoms with van der Waals surface area (Å²) in [4.78, 5) is 28.3. The molecule has 3 fully saturated rings. The summed E-state index contributed by atoms with van der Waals surface area (Å²) in [6, 6.07) is 10.9. The van der Waals surface area contributed by atoms with E-state index in [1.807, 2.05) is 4.90 Å². The van der Waals surface area contributed by atoms with E-state index in [-0.39, 0.29) is 23.1 Å². The summed E-state index contributed by atoms with van der Waals surface area (Å²) in [6.07, 6.45) is 9.45. The molecule has 2 aromatic rings. The van der Waals surface area contributed by atoms with Gasteiger partial charge >= 0.3 is 12.0 Å². The number of urea groups is 1. The maximum atomic E-state index is 13.8. The summed E-state index contributed by atoms with van der Waals surface area (Å²) < 4.78 is 5.09. The van der Waals surface area contributed by atoms with E-state index >= 15 is 0 Å². The molecule has 1 aromatic heterocycles. The van der Waals surface area contributed by atoms with E-state index in [1.165, 1.54) is 12.7 Å². The molecule has 8 heteroatoms. The van der Waals surface area contributed by atoms with Crippen molar-refractivity contribution in [2.24, 2.45) is 0 Å². The number of methoxy groups -OCH3 is 1. The van der Waals surface area contributed by atoms with Crippen LogP contribution in [0.1, 0.15) is 50.5 Å². The Morgan fingerprint density at radius 2 is 1.68 bits per heavy atom. The molecule has 2 saturated carbocycles. The fourth-order valence-corrected chi connectivity index (χ4v) is 6.12. The molecule has 3 aliphatic rings. The Bertz CT molecular complexity index is 1010. The van der Waals surface area contributed by atoms with Crippen LogP contribution < -0.4 is 9.64 Å². The van der Waals surface area contributed by atoms with Crippen LogP contribution in [0.4, 0.5) is 10.5 Å². The Morgan fingerprint density at radius 1 is 1.03 bits per heavy atom. The summed E-state index contributed by atoms with van der Waals surface area (Å²) in [5, 5.41) is 11.0. The van der Waals surface area contributed by atoms with Gasteiger partial charge in [0.2, 0.25) is 0 Å². The van der Waals surface area contributed by atoms with Crippen LogP contribution >= 0.6 is 0 Å². The molecular weight excluding hydrogens is 430 g/mol. The number of β-amino-alcohol motifs (C(OH)–C–C–N with tert-alkyl or cyclic N) is 1. The Labute approximate surface area is 201 Å². The van der Waals surface area contributed by atoms with E-state index in [0.29, 0.717) is 18.8 Å². The number of nitrogens with zero attached hydrogens (tertiary/aromatic N) is 5. The van der Waals surface area contributed by atoms with Crippen molar-refractivity contribution in [1.29, 1.82) is 0 Å². The van der Waals surface area contributed by atoms with Gasteiger partial charge < -0.3 is 14.7 Å². The van der Waals surface area contributed by atoms with Crippen LogP contribution in [0.3, 0.4) is 0 Å². The van der Waals surface area contributed by atoms with Crippen LogP contribution in [0, 0.1) is 0 Å². The molecule has 182 valence electrons. The highest BCUT2D eigenvalue weighted by Crippen LogP contribution is 2.50. The van der Waals surface area contributed by atoms with Crippen molar-refractivity contribution in [3.05, 3.63) is 48.3 Å². The van der Waals surface area contributed by atoms with E-state index in [0.717, 1.165) is 44.9 Å². The van der Waals surface area contributed by atoms with Crippen molar-refractivity contribution >= 4 is 11.7 Å². The molecule has 1 spiro atoms. The van der Waals surface area contributed by atoms with Crippen molar-refractivity contribution in [1.82, 2.24) is 19.8 Å². The zero-order valence-corrected chi connectivity index (χ0v) is 20.4. The number of aromatic nitrogens is 2. The van der Waals surface area contributed by atoms with Gasteiger partial charge in [0, 0.05) is 5.54 Å². The molecule has 0 radical (unpaired) electrons. The third-order valence-electron chi connectivity index (χ3n) is 8.51. The van der Waals surface area contributed by atoms with E-state index in [4.69, 9.17) is 4.74 Å². The highest BCUT2D eigenvalue weighted by molar-refractivity contribution is 5.95. The van der Waals surface area contributed by atoms with Gasteiger partial charge in [-0.1, -0.05) is 30.3 Å². The largest absolute Gasteiger partial charge is 0.467 e. The molecule has 0 unspecified atom stereocenters. The lowest BCUT2D eigenvalue weighted by molar-refractivity contribution is -0.0725. The molecule has 2 amide bonds. The number of carbonyl (C=O) groups excluding carboxylic acids is 1. The average molecular weight is 466 g/mol. The van der Waals surface area contributed by atoms with Gasteiger partial charge in [-0.3, -0.25) is 9.80 Å². The van der Waals surface area contributed by atoms with Crippen molar-refractivity contribution < 1.29 is 14.6 Å². The Morgan fingerprint density at radius 3 is 2.21 bits per heavy atom. The van der Waals surface area contributed by atoms with E-state index in [2.05, 4.69) is 59.3 Å². The van der Waals surface area contributed by atoms with Crippen molar-refractivity contribution in [3.63, 3.8) is 0 Å². The number of hydrogen-bond acceptors (Lipinski definition) is 6. The third kappa shape index (κ3) is 3.73. The van der Waals surface area contributed by atoms with Crippen molar-refractivity contribution in [3.8, 4) is 6.01 Å². The lowest BCUT2D eigenvalue weighted by atomic mass is 9.67. The number of ether oxygens (including phenoxy) is 1. The van der Waals surface area contributed by atoms with Crippen molar-refractivity contribution in [2.75, 3.05) is 39.2 Å². The molecule has 1 aliphatic heterocycles. The molecule has 2 aliphatic carbocycles. The van der Waals surface area contributed by atoms with Crippen LogP contribution in [-0.2, 0) is 5.54 Å². The summed E-state index contributed by atoms with van der Waals surface area (Å²) in [5.74, 6) is 0. The van der Waals surface area contributed by atoms with Gasteiger partial charge in [-0.2, -0.15) is 0 Å². The van der Waals surface area contributed by atoms with Crippen LogP contribution in [0.15, 0.2) is 42.7 Å². The highest BCUT2D eigenvalue weighted by atomic mass is 16.5. The summed E-state index contributed by atoms with van der Waals surface area (Å²) in [6.45, 7) is 0.968. The molecule has 8 nitrogen and oxygen atoms in total. The highest BCUT2D eigenvalue weighted by Gasteiger charge is 2.56. The normalized spacial score (nSPS) is 28.4. The number of benzene rings is 1. The molecule has 2 heterocycles. The van der Waals surface area contributed by atoms with Gasteiger partial charge in [-0.15, -0.1) is 0 Å². The van der Waals surface area contributed by atoms with E-state index in [9.17, 15) is 9.90 Å². The molecule has 0 bridgehead atoms. The summed E-state index contributed by atoms with van der Waals surface area (Å²) >= 11 is 0. The molecule has 0 atom stereocenters. The minimum Gasteiger partial charge on any atom is -0.467 e. The first kappa shape index (κ1) is 23.1. The Hall–Kier alpha value is -2.71. The number of aliphatic hydroxyl groups is 1. The quantitative estimate of drug-likeness (QED) is 0.704. The SMILES string of the molecule is COc1ncc(N2C[C@]3(CC[C@](c4ccccc4)(N(C)C)CC3)N(CC3(O)CCC3)C2=O)cn1. The van der Waals surface area contributed by atoms with Gasteiger partial charge in [-0.05, 0) is 64.6 Å². The minimum absolute atomic E-state index is 0.0637. The van der Waals surface area contributed by atoms with E-state index in [1.54, 1.807) is 17.3 Å². The Kier molecular flexibility index (Phi) is 5.76. The first-order valence-corrected chi connectivity index (χ1v) is 12.2. The predicted molar refractivity (Wildman–Crippen MR) is 130 cm³/mol. The van der Waals surface area contributed by atoms with Gasteiger partial charge in [0.1, 0.15) is 0 Å². The molecule has 1 saturated heterocycles. The van der Waals surface area contributed by atoms with Gasteiger partial charge in [0.05, 0.1) is 49.4 Å². The molecule has 34 heavy (non-hydrogen) atoms. The summed E-state index contributed by atoms with van der Waals surface area (Å²) in [7, 11) is 5.83. The van der Waals surface area contributed by atoms with E-state index < -0.39 is 5.60 Å². The van der Waals surface area contributed by atoms with Gasteiger partial charge in [0.25, 0.3) is 0 Å². The minimum atomic E-state index is -0.773. The zero-order valence-electron chi connectivity index (χ0n) is 20.4. The van der Waals surface area contributed by atoms with Crippen LogP contribution in [0.25, 0.3) is 0 Å². The average Bonchev–Trinajstić information content (AvgIpc) is 3.10. The van der Waals surface area contributed by atoms with Crippen LogP contribution in [0.5, 0.6) is 6.01 Å². The fraction of sp³-hybridized carbons (Fsp3) is 0.577. The first-order valence-electron chi connectivity index (χ1n) is 12.2. The molecule has 5 rings (SSSR count). The fourth-order valence-electron chi connectivity index (χ4n) is 6.12. The number of carbonyl (C=O) groups is 1. The second kappa shape index (κ2) is 8.50. The predicted octanol–water partition coefficient (Wildman–Crippen LogP) is 3.41. The third-order valence-corrected chi connectivity index (χ3v) is 8.51. The number of rotatable bonds is 6. The smallest absolute Gasteiger partial charge is 0.325 e. The number of hydrogen-bond donors (Lipinski definition) is 1.